The number of rotatable bonds is 0. The van der Waals surface area contributed by atoms with Gasteiger partial charge < -0.3 is 15.3 Å². The zero-order valence-corrected chi connectivity index (χ0v) is 8.36. The Morgan fingerprint density at radius 2 is 2.12 bits per heavy atom. The summed E-state index contributed by atoms with van der Waals surface area (Å²) in [5.74, 6) is 4.66. The molecular formula is C10H6FN3O3. The monoisotopic (exact) mass is 235 g/mol. The second kappa shape index (κ2) is 2.97. The molecule has 2 heterocycles. The van der Waals surface area contributed by atoms with Crippen molar-refractivity contribution in [2.75, 3.05) is 5.84 Å². The maximum absolute atomic E-state index is 13.0. The quantitative estimate of drug-likeness (QED) is 0.547. The lowest BCUT2D eigenvalue weighted by Crippen LogP contribution is -2.24. The Morgan fingerprint density at radius 1 is 1.35 bits per heavy atom. The zero-order chi connectivity index (χ0) is 12.2. The van der Waals surface area contributed by atoms with E-state index in [2.05, 4.69) is 4.98 Å². The molecule has 0 aliphatic carbocycles. The van der Waals surface area contributed by atoms with Crippen LogP contribution in [-0.2, 0) is 0 Å². The number of hydrogen-bond donors (Lipinski definition) is 2. The van der Waals surface area contributed by atoms with Crippen LogP contribution in [0, 0.1) is 5.82 Å². The highest BCUT2D eigenvalue weighted by Gasteiger charge is 2.15. The Hall–Kier alpha value is -2.57. The molecule has 3 N–H and O–H groups in total. The third-order valence-corrected chi connectivity index (χ3v) is 2.53. The zero-order valence-electron chi connectivity index (χ0n) is 8.36. The van der Waals surface area contributed by atoms with Crippen LogP contribution in [0.5, 0.6) is 0 Å². The van der Waals surface area contributed by atoms with Crippen LogP contribution >= 0.6 is 0 Å². The fourth-order valence-corrected chi connectivity index (χ4v) is 1.75. The number of benzene rings is 1. The summed E-state index contributed by atoms with van der Waals surface area (Å²) in [5.41, 5.74) is -1.02. The SMILES string of the molecule is Nn1oc2[nH]c3ccc(F)cc3c(=O)c2c1=O. The Labute approximate surface area is 92.0 Å². The Kier molecular flexibility index (Phi) is 1.68. The predicted molar refractivity (Wildman–Crippen MR) is 58.7 cm³/mol. The molecule has 17 heavy (non-hydrogen) atoms. The number of hydrogen-bond acceptors (Lipinski definition) is 4. The van der Waals surface area contributed by atoms with Crippen LogP contribution in [0.15, 0.2) is 32.3 Å². The van der Waals surface area contributed by atoms with Crippen molar-refractivity contribution in [2.24, 2.45) is 0 Å². The van der Waals surface area contributed by atoms with Crippen molar-refractivity contribution in [1.82, 2.24) is 9.83 Å². The molecule has 7 heteroatoms. The lowest BCUT2D eigenvalue weighted by atomic mass is 10.2. The lowest BCUT2D eigenvalue weighted by Gasteiger charge is -1.96. The van der Waals surface area contributed by atoms with E-state index in [1.54, 1.807) is 0 Å². The lowest BCUT2D eigenvalue weighted by molar-refractivity contribution is 0.342. The van der Waals surface area contributed by atoms with Crippen LogP contribution in [-0.4, -0.2) is 9.83 Å². The van der Waals surface area contributed by atoms with E-state index in [0.717, 1.165) is 6.07 Å². The van der Waals surface area contributed by atoms with Crippen molar-refractivity contribution >= 4 is 22.0 Å². The van der Waals surface area contributed by atoms with Gasteiger partial charge in [-0.2, -0.15) is 0 Å². The molecule has 0 fully saturated rings. The molecule has 0 amide bonds. The highest BCUT2D eigenvalue weighted by molar-refractivity contribution is 5.89. The third-order valence-electron chi connectivity index (χ3n) is 2.53. The number of nitrogens with two attached hydrogens (primary N) is 1. The van der Waals surface area contributed by atoms with E-state index in [1.807, 2.05) is 0 Å². The van der Waals surface area contributed by atoms with Crippen LogP contribution in [0.4, 0.5) is 4.39 Å². The first kappa shape index (κ1) is 9.64. The summed E-state index contributed by atoms with van der Waals surface area (Å²) in [5, 5.41) is -0.137. The van der Waals surface area contributed by atoms with Gasteiger partial charge in [0.05, 0.1) is 5.52 Å². The molecule has 6 nitrogen and oxygen atoms in total. The van der Waals surface area contributed by atoms with E-state index >= 15 is 0 Å². The van der Waals surface area contributed by atoms with Crippen LogP contribution in [0.1, 0.15) is 0 Å². The Balaban J connectivity index is 2.68. The molecule has 0 unspecified atom stereocenters. The molecule has 0 bridgehead atoms. The normalized spacial score (nSPS) is 11.4. The summed E-state index contributed by atoms with van der Waals surface area (Å²) in [6, 6.07) is 3.64. The molecule has 0 radical (unpaired) electrons. The Bertz CT molecular complexity index is 859. The summed E-state index contributed by atoms with van der Waals surface area (Å²) in [6.07, 6.45) is 0. The van der Waals surface area contributed by atoms with E-state index in [0.29, 0.717) is 10.4 Å². The molecule has 1 aromatic carbocycles. The average Bonchev–Trinajstić information content (AvgIpc) is 2.57. The number of aromatic nitrogens is 2. The summed E-state index contributed by atoms with van der Waals surface area (Å²) in [4.78, 5) is 26.6. The number of nitrogens with zero attached hydrogens (tertiary/aromatic N) is 1. The fourth-order valence-electron chi connectivity index (χ4n) is 1.75. The van der Waals surface area contributed by atoms with Gasteiger partial charge in [-0.05, 0) is 18.2 Å². The van der Waals surface area contributed by atoms with Crippen LogP contribution < -0.4 is 16.8 Å². The minimum atomic E-state index is -0.757. The molecule has 86 valence electrons. The van der Waals surface area contributed by atoms with E-state index < -0.39 is 16.8 Å². The summed E-state index contributed by atoms with van der Waals surface area (Å²) < 4.78 is 17.9. The molecule has 0 atom stereocenters. The molecule has 3 rings (SSSR count). The van der Waals surface area contributed by atoms with Crippen molar-refractivity contribution in [1.29, 1.82) is 0 Å². The maximum atomic E-state index is 13.0. The molecule has 0 saturated carbocycles. The van der Waals surface area contributed by atoms with Crippen LogP contribution in [0.25, 0.3) is 22.0 Å². The molecule has 0 aliphatic rings. The largest absolute Gasteiger partial charge is 0.337 e. The molecule has 0 aliphatic heterocycles. The van der Waals surface area contributed by atoms with Crippen molar-refractivity contribution in [2.45, 2.75) is 0 Å². The fraction of sp³-hybridized carbons (Fsp3) is 0. The van der Waals surface area contributed by atoms with Gasteiger partial charge in [-0.25, -0.2) is 4.39 Å². The molecule has 0 saturated heterocycles. The minimum absolute atomic E-state index is 0.0263. The smallest absolute Gasteiger partial charge is 0.317 e. The van der Waals surface area contributed by atoms with Gasteiger partial charge in [0.15, 0.2) is 5.39 Å². The second-order valence-corrected chi connectivity index (χ2v) is 3.57. The van der Waals surface area contributed by atoms with Crippen molar-refractivity contribution in [3.05, 3.63) is 44.6 Å². The predicted octanol–water partition coefficient (Wildman–Crippen LogP) is 0.289. The highest BCUT2D eigenvalue weighted by Crippen LogP contribution is 2.13. The number of nitrogens with one attached hydrogen (secondary N) is 1. The topological polar surface area (TPSA) is 94.0 Å². The number of fused-ring (bicyclic) bond motifs is 2. The molecule has 0 spiro atoms. The van der Waals surface area contributed by atoms with Gasteiger partial charge in [0.25, 0.3) is 0 Å². The summed E-state index contributed by atoms with van der Waals surface area (Å²) in [6.45, 7) is 0. The second-order valence-electron chi connectivity index (χ2n) is 3.57. The minimum Gasteiger partial charge on any atom is -0.337 e. The van der Waals surface area contributed by atoms with Gasteiger partial charge in [-0.15, -0.1) is 0 Å². The number of H-pyrrole nitrogens is 1. The van der Waals surface area contributed by atoms with E-state index in [9.17, 15) is 14.0 Å². The average molecular weight is 235 g/mol. The third kappa shape index (κ3) is 1.19. The van der Waals surface area contributed by atoms with Gasteiger partial charge in [-0.1, -0.05) is 4.85 Å². The highest BCUT2D eigenvalue weighted by atomic mass is 19.1. The number of halogens is 1. The van der Waals surface area contributed by atoms with Crippen molar-refractivity contribution < 1.29 is 8.91 Å². The van der Waals surface area contributed by atoms with Crippen LogP contribution in [0.2, 0.25) is 0 Å². The first-order chi connectivity index (χ1) is 8.08. The van der Waals surface area contributed by atoms with Gasteiger partial charge >= 0.3 is 5.56 Å². The number of nitrogen functional groups attached to an aromatic ring is 1. The first-order valence-corrected chi connectivity index (χ1v) is 4.70. The summed E-state index contributed by atoms with van der Waals surface area (Å²) in [7, 11) is 0. The molecular weight excluding hydrogens is 229 g/mol. The Morgan fingerprint density at radius 3 is 2.88 bits per heavy atom. The van der Waals surface area contributed by atoms with Crippen LogP contribution in [0.3, 0.4) is 0 Å². The van der Waals surface area contributed by atoms with Crippen molar-refractivity contribution in [3.63, 3.8) is 0 Å². The van der Waals surface area contributed by atoms with Gasteiger partial charge in [-0.3, -0.25) is 9.59 Å². The summed E-state index contributed by atoms with van der Waals surface area (Å²) >= 11 is 0. The van der Waals surface area contributed by atoms with E-state index in [4.69, 9.17) is 10.4 Å². The van der Waals surface area contributed by atoms with Crippen molar-refractivity contribution in [3.8, 4) is 0 Å². The molecule has 3 aromatic rings. The van der Waals surface area contributed by atoms with E-state index in [-0.39, 0.29) is 16.5 Å². The molecule has 2 aromatic heterocycles. The number of aromatic amines is 1. The number of pyridine rings is 1. The first-order valence-electron chi connectivity index (χ1n) is 4.70. The van der Waals surface area contributed by atoms with Gasteiger partial charge in [0.1, 0.15) is 5.82 Å². The van der Waals surface area contributed by atoms with Gasteiger partial charge in [0.2, 0.25) is 11.1 Å². The maximum Gasteiger partial charge on any atom is 0.317 e. The standard InChI is InChI=1S/C10H6FN3O3/c11-4-1-2-6-5(3-4)8(15)7-9(13-6)17-14(12)10(7)16/h1-3H,12H2,(H,13,15). The van der Waals surface area contributed by atoms with Gasteiger partial charge in [0, 0.05) is 5.39 Å². The van der Waals surface area contributed by atoms with E-state index in [1.165, 1.54) is 12.1 Å².